The van der Waals surface area contributed by atoms with Crippen molar-refractivity contribution in [3.05, 3.63) is 60.1 Å². The fourth-order valence-corrected chi connectivity index (χ4v) is 2.63. The molecule has 1 aromatic heterocycles. The topological polar surface area (TPSA) is 47.4 Å². The van der Waals surface area contributed by atoms with Crippen molar-refractivity contribution in [2.24, 2.45) is 0 Å². The van der Waals surface area contributed by atoms with E-state index in [1.165, 1.54) is 13.0 Å². The van der Waals surface area contributed by atoms with Gasteiger partial charge in [0.2, 0.25) is 5.88 Å². The van der Waals surface area contributed by atoms with Gasteiger partial charge in [-0.05, 0) is 18.9 Å². The van der Waals surface area contributed by atoms with Crippen molar-refractivity contribution in [2.75, 3.05) is 13.2 Å². The molecule has 134 valence electrons. The monoisotopic (exact) mass is 345 g/mol. The van der Waals surface area contributed by atoms with Crippen molar-refractivity contribution < 1.29 is 13.9 Å². The Kier molecular flexibility index (Phi) is 6.33. The molecular weight excluding hydrogens is 321 g/mol. The summed E-state index contributed by atoms with van der Waals surface area (Å²) >= 11 is 0. The molecule has 25 heavy (non-hydrogen) atoms. The van der Waals surface area contributed by atoms with Crippen molar-refractivity contribution >= 4 is 5.91 Å². The van der Waals surface area contributed by atoms with Gasteiger partial charge in [0.1, 0.15) is 6.61 Å². The van der Waals surface area contributed by atoms with Gasteiger partial charge in [-0.25, -0.2) is 4.39 Å². The second kappa shape index (κ2) is 8.46. The first kappa shape index (κ1) is 18.7. The molecule has 0 fully saturated rings. The number of ether oxygens (including phenoxy) is 1. The van der Waals surface area contributed by atoms with Gasteiger partial charge < -0.3 is 9.64 Å². The van der Waals surface area contributed by atoms with Crippen LogP contribution in [0.3, 0.4) is 0 Å². The number of hydrogen-bond acceptors (Lipinski definition) is 3. The number of fused-ring (bicyclic) bond motifs is 1. The lowest BCUT2D eigenvalue weighted by Gasteiger charge is -2.27. The van der Waals surface area contributed by atoms with Crippen LogP contribution in [0.4, 0.5) is 4.39 Å². The number of carbonyl (C=O) groups is 1. The van der Waals surface area contributed by atoms with Crippen LogP contribution in [0.25, 0.3) is 0 Å². The summed E-state index contributed by atoms with van der Waals surface area (Å²) in [6.07, 6.45) is 5.34. The lowest BCUT2D eigenvalue weighted by molar-refractivity contribution is -0.128. The molecule has 0 saturated heterocycles. The largest absolute Gasteiger partial charge is 0.472 e. The SMILES string of the molecule is C=CC=C(C=C)C(=O)N1CCn2nc(OCC(CC)=C(C)F)cc2C1. The minimum Gasteiger partial charge on any atom is -0.472 e. The minimum atomic E-state index is -0.214. The lowest BCUT2D eigenvalue weighted by Crippen LogP contribution is -2.38. The zero-order valence-corrected chi connectivity index (χ0v) is 14.8. The normalized spacial score (nSPS) is 15.3. The average Bonchev–Trinajstić information content (AvgIpc) is 3.01. The third kappa shape index (κ3) is 4.47. The van der Waals surface area contributed by atoms with E-state index in [0.717, 1.165) is 5.69 Å². The summed E-state index contributed by atoms with van der Waals surface area (Å²) in [7, 11) is 0. The fourth-order valence-electron chi connectivity index (χ4n) is 2.63. The zero-order chi connectivity index (χ0) is 18.4. The molecule has 1 amide bonds. The van der Waals surface area contributed by atoms with Crippen molar-refractivity contribution in [3.8, 4) is 5.88 Å². The van der Waals surface area contributed by atoms with Crippen molar-refractivity contribution in [1.82, 2.24) is 14.7 Å². The molecule has 2 heterocycles. The molecule has 1 aliphatic rings. The number of allylic oxidation sites excluding steroid dienone is 3. The van der Waals surface area contributed by atoms with E-state index in [4.69, 9.17) is 4.74 Å². The second-order valence-electron chi connectivity index (χ2n) is 5.76. The number of halogens is 1. The standard InChI is InChI=1S/C19H24FN3O2/c1-5-8-15(6-2)19(24)22-9-10-23-17(12-22)11-18(21-23)25-13-16(7-3)14(4)20/h5-6,8,11H,1-2,7,9-10,12-13H2,3-4H3. The first-order valence-electron chi connectivity index (χ1n) is 8.28. The Morgan fingerprint density at radius 1 is 1.44 bits per heavy atom. The van der Waals surface area contributed by atoms with Crippen LogP contribution in [0.1, 0.15) is 26.0 Å². The van der Waals surface area contributed by atoms with Gasteiger partial charge in [0.25, 0.3) is 5.91 Å². The molecular formula is C19H24FN3O2. The number of carbonyl (C=O) groups excluding carboxylic acids is 1. The Morgan fingerprint density at radius 2 is 2.20 bits per heavy atom. The maximum absolute atomic E-state index is 13.3. The van der Waals surface area contributed by atoms with Crippen molar-refractivity contribution in [3.63, 3.8) is 0 Å². The molecule has 1 aromatic rings. The van der Waals surface area contributed by atoms with E-state index in [1.54, 1.807) is 23.1 Å². The van der Waals surface area contributed by atoms with Crippen LogP contribution in [0.5, 0.6) is 5.88 Å². The highest BCUT2D eigenvalue weighted by Gasteiger charge is 2.24. The van der Waals surface area contributed by atoms with Crippen LogP contribution in [0, 0.1) is 0 Å². The van der Waals surface area contributed by atoms with Crippen LogP contribution < -0.4 is 4.74 Å². The van der Waals surface area contributed by atoms with Gasteiger partial charge in [0.05, 0.1) is 24.6 Å². The number of amides is 1. The highest BCUT2D eigenvalue weighted by atomic mass is 19.1. The predicted octanol–water partition coefficient (Wildman–Crippen LogP) is 3.56. The minimum absolute atomic E-state index is 0.0888. The van der Waals surface area contributed by atoms with E-state index in [-0.39, 0.29) is 18.3 Å². The summed E-state index contributed by atoms with van der Waals surface area (Å²) in [5.41, 5.74) is 2.01. The number of aromatic nitrogens is 2. The summed E-state index contributed by atoms with van der Waals surface area (Å²) in [5, 5.41) is 4.37. The summed E-state index contributed by atoms with van der Waals surface area (Å²) in [5.74, 6) is 0.144. The van der Waals surface area contributed by atoms with Gasteiger partial charge in [0, 0.05) is 18.2 Å². The second-order valence-corrected chi connectivity index (χ2v) is 5.76. The number of rotatable bonds is 7. The molecule has 0 aliphatic carbocycles. The molecule has 0 aromatic carbocycles. The highest BCUT2D eigenvalue weighted by Crippen LogP contribution is 2.21. The maximum atomic E-state index is 13.3. The summed E-state index contributed by atoms with van der Waals surface area (Å²) in [6.45, 7) is 12.4. The van der Waals surface area contributed by atoms with E-state index in [0.29, 0.717) is 43.1 Å². The van der Waals surface area contributed by atoms with Gasteiger partial charge in [-0.2, -0.15) is 0 Å². The Hall–Kier alpha value is -2.63. The molecule has 5 nitrogen and oxygen atoms in total. The maximum Gasteiger partial charge on any atom is 0.254 e. The first-order valence-corrected chi connectivity index (χ1v) is 8.28. The molecule has 0 spiro atoms. The van der Waals surface area contributed by atoms with Crippen LogP contribution in [0.2, 0.25) is 0 Å². The molecule has 0 unspecified atom stereocenters. The molecule has 2 rings (SSSR count). The van der Waals surface area contributed by atoms with Crippen LogP contribution in [-0.4, -0.2) is 33.7 Å². The fraction of sp³-hybridized carbons (Fsp3) is 0.368. The number of hydrogen-bond donors (Lipinski definition) is 0. The summed E-state index contributed by atoms with van der Waals surface area (Å²) < 4.78 is 20.7. The van der Waals surface area contributed by atoms with Crippen LogP contribution in [0.15, 0.2) is 54.4 Å². The van der Waals surface area contributed by atoms with Crippen LogP contribution in [-0.2, 0) is 17.9 Å². The Balaban J connectivity index is 2.07. The Morgan fingerprint density at radius 3 is 2.80 bits per heavy atom. The van der Waals surface area contributed by atoms with E-state index in [1.807, 2.05) is 11.6 Å². The van der Waals surface area contributed by atoms with E-state index in [2.05, 4.69) is 18.3 Å². The quantitative estimate of drug-likeness (QED) is 0.561. The molecule has 6 heteroatoms. The van der Waals surface area contributed by atoms with Gasteiger partial charge in [-0.3, -0.25) is 9.48 Å². The molecule has 0 radical (unpaired) electrons. The smallest absolute Gasteiger partial charge is 0.254 e. The van der Waals surface area contributed by atoms with Gasteiger partial charge in [0.15, 0.2) is 0 Å². The lowest BCUT2D eigenvalue weighted by atomic mass is 10.2. The van der Waals surface area contributed by atoms with Crippen LogP contribution >= 0.6 is 0 Å². The van der Waals surface area contributed by atoms with Gasteiger partial charge >= 0.3 is 0 Å². The molecule has 1 aliphatic heterocycles. The molecule has 0 atom stereocenters. The molecule has 0 N–H and O–H groups in total. The van der Waals surface area contributed by atoms with Crippen molar-refractivity contribution in [2.45, 2.75) is 33.4 Å². The third-order valence-electron chi connectivity index (χ3n) is 4.14. The summed E-state index contributed by atoms with van der Waals surface area (Å²) in [4.78, 5) is 14.2. The van der Waals surface area contributed by atoms with E-state index in [9.17, 15) is 9.18 Å². The van der Waals surface area contributed by atoms with Crippen molar-refractivity contribution in [1.29, 1.82) is 0 Å². The highest BCUT2D eigenvalue weighted by molar-refractivity contribution is 5.96. The number of nitrogens with zero attached hydrogens (tertiary/aromatic N) is 3. The van der Waals surface area contributed by atoms with E-state index >= 15 is 0 Å². The van der Waals surface area contributed by atoms with E-state index < -0.39 is 0 Å². The zero-order valence-electron chi connectivity index (χ0n) is 14.8. The third-order valence-corrected chi connectivity index (χ3v) is 4.14. The Labute approximate surface area is 147 Å². The first-order chi connectivity index (χ1) is 12.0. The molecule has 0 saturated carbocycles. The predicted molar refractivity (Wildman–Crippen MR) is 95.7 cm³/mol. The van der Waals surface area contributed by atoms with Gasteiger partial charge in [-0.15, -0.1) is 5.10 Å². The molecule has 0 bridgehead atoms. The Bertz CT molecular complexity index is 727. The van der Waals surface area contributed by atoms with Gasteiger partial charge in [-0.1, -0.05) is 38.3 Å². The summed E-state index contributed by atoms with van der Waals surface area (Å²) in [6, 6.07) is 1.80. The average molecular weight is 345 g/mol.